The van der Waals surface area contributed by atoms with E-state index in [1.807, 2.05) is 30.3 Å². The lowest BCUT2D eigenvalue weighted by atomic mass is 10.0. The molecular formula is C19H19BrN2O2. The molecule has 1 aromatic heterocycles. The van der Waals surface area contributed by atoms with E-state index in [9.17, 15) is 0 Å². The highest BCUT2D eigenvalue weighted by Gasteiger charge is 2.12. The summed E-state index contributed by atoms with van der Waals surface area (Å²) >= 11 is 3.44. The summed E-state index contributed by atoms with van der Waals surface area (Å²) in [4.78, 5) is 4.41. The van der Waals surface area contributed by atoms with Crippen molar-refractivity contribution in [1.29, 1.82) is 0 Å². The highest BCUT2D eigenvalue weighted by molar-refractivity contribution is 9.10. The van der Waals surface area contributed by atoms with Crippen LogP contribution in [-0.4, -0.2) is 10.1 Å². The molecule has 4 nitrogen and oxygen atoms in total. The first-order valence-electron chi connectivity index (χ1n) is 7.85. The van der Waals surface area contributed by atoms with Gasteiger partial charge in [-0.15, -0.1) is 0 Å². The standard InChI is InChI=1S/C19H19BrN2O2/c1-12(2)16-8-7-13(3)9-17(16)23-11-18-21-19(22-24-18)14-5-4-6-15(20)10-14/h4-10,12H,11H2,1-3H3. The molecule has 3 rings (SSSR count). The first kappa shape index (κ1) is 16.7. The molecule has 0 saturated heterocycles. The number of halogens is 1. The number of nitrogens with zero attached hydrogens (tertiary/aromatic N) is 2. The Morgan fingerprint density at radius 3 is 2.75 bits per heavy atom. The second-order valence-corrected chi connectivity index (χ2v) is 6.92. The van der Waals surface area contributed by atoms with Gasteiger partial charge in [0.25, 0.3) is 5.89 Å². The van der Waals surface area contributed by atoms with E-state index in [1.54, 1.807) is 0 Å². The van der Waals surface area contributed by atoms with Gasteiger partial charge in [-0.1, -0.05) is 59.2 Å². The fourth-order valence-electron chi connectivity index (χ4n) is 2.44. The molecule has 0 radical (unpaired) electrons. The van der Waals surface area contributed by atoms with Gasteiger partial charge in [-0.25, -0.2) is 0 Å². The normalized spacial score (nSPS) is 11.0. The van der Waals surface area contributed by atoms with E-state index in [0.29, 0.717) is 17.6 Å². The summed E-state index contributed by atoms with van der Waals surface area (Å²) < 4.78 is 12.2. The molecule has 0 bridgehead atoms. The van der Waals surface area contributed by atoms with Gasteiger partial charge < -0.3 is 9.26 Å². The van der Waals surface area contributed by atoms with Crippen LogP contribution in [0.5, 0.6) is 5.75 Å². The molecule has 0 aliphatic heterocycles. The molecule has 24 heavy (non-hydrogen) atoms. The number of rotatable bonds is 5. The van der Waals surface area contributed by atoms with Gasteiger partial charge in [0.15, 0.2) is 6.61 Å². The predicted octanol–water partition coefficient (Wildman–Crippen LogP) is 5.51. The Bertz CT molecular complexity index is 843. The van der Waals surface area contributed by atoms with E-state index < -0.39 is 0 Å². The van der Waals surface area contributed by atoms with Crippen molar-refractivity contribution in [2.24, 2.45) is 0 Å². The van der Waals surface area contributed by atoms with Crippen molar-refractivity contribution >= 4 is 15.9 Å². The highest BCUT2D eigenvalue weighted by atomic mass is 79.9. The van der Waals surface area contributed by atoms with Gasteiger partial charge in [0, 0.05) is 10.0 Å². The van der Waals surface area contributed by atoms with Crippen LogP contribution in [0.15, 0.2) is 51.5 Å². The lowest BCUT2D eigenvalue weighted by Crippen LogP contribution is -2.00. The molecule has 0 N–H and O–H groups in total. The minimum Gasteiger partial charge on any atom is -0.483 e. The molecule has 0 saturated carbocycles. The third-order valence-electron chi connectivity index (χ3n) is 3.69. The molecule has 0 unspecified atom stereocenters. The van der Waals surface area contributed by atoms with Gasteiger partial charge in [-0.05, 0) is 42.2 Å². The zero-order valence-corrected chi connectivity index (χ0v) is 15.5. The minimum absolute atomic E-state index is 0.254. The molecule has 2 aromatic carbocycles. The van der Waals surface area contributed by atoms with Gasteiger partial charge >= 0.3 is 0 Å². The molecule has 3 aromatic rings. The summed E-state index contributed by atoms with van der Waals surface area (Å²) in [5.41, 5.74) is 3.24. The first-order valence-corrected chi connectivity index (χ1v) is 8.64. The van der Waals surface area contributed by atoms with Gasteiger partial charge in [0.05, 0.1) is 0 Å². The SMILES string of the molecule is Cc1ccc(C(C)C)c(OCc2nc(-c3cccc(Br)c3)no2)c1. The second-order valence-electron chi connectivity index (χ2n) is 6.01. The Kier molecular flexibility index (Phi) is 5.00. The Morgan fingerprint density at radius 2 is 2.00 bits per heavy atom. The maximum Gasteiger partial charge on any atom is 0.264 e. The van der Waals surface area contributed by atoms with Crippen LogP contribution in [0.3, 0.4) is 0 Å². The van der Waals surface area contributed by atoms with Gasteiger partial charge in [-0.2, -0.15) is 4.98 Å². The summed E-state index contributed by atoms with van der Waals surface area (Å²) in [6, 6.07) is 14.0. The molecule has 0 spiro atoms. The maximum absolute atomic E-state index is 5.93. The van der Waals surface area contributed by atoms with Crippen LogP contribution in [0.4, 0.5) is 0 Å². The van der Waals surface area contributed by atoms with Crippen molar-refractivity contribution in [1.82, 2.24) is 10.1 Å². The van der Waals surface area contributed by atoms with E-state index in [1.165, 1.54) is 5.56 Å². The van der Waals surface area contributed by atoms with Crippen LogP contribution in [0, 0.1) is 6.92 Å². The van der Waals surface area contributed by atoms with Crippen molar-refractivity contribution in [3.8, 4) is 17.1 Å². The second kappa shape index (κ2) is 7.18. The van der Waals surface area contributed by atoms with E-state index in [2.05, 4.69) is 59.0 Å². The molecule has 124 valence electrons. The Morgan fingerprint density at radius 1 is 1.17 bits per heavy atom. The third-order valence-corrected chi connectivity index (χ3v) is 4.19. The number of hydrogen-bond acceptors (Lipinski definition) is 4. The summed E-state index contributed by atoms with van der Waals surface area (Å²) in [5, 5.41) is 4.03. The van der Waals surface area contributed by atoms with Gasteiger partial charge in [0.1, 0.15) is 5.75 Å². The summed E-state index contributed by atoms with van der Waals surface area (Å²) in [6.45, 7) is 6.60. The van der Waals surface area contributed by atoms with Crippen molar-refractivity contribution in [2.45, 2.75) is 33.3 Å². The monoisotopic (exact) mass is 386 g/mol. The summed E-state index contributed by atoms with van der Waals surface area (Å²) in [7, 11) is 0. The largest absolute Gasteiger partial charge is 0.483 e. The molecule has 0 fully saturated rings. The third kappa shape index (κ3) is 3.85. The molecule has 0 amide bonds. The maximum atomic E-state index is 5.93. The topological polar surface area (TPSA) is 48.2 Å². The van der Waals surface area contributed by atoms with Crippen molar-refractivity contribution < 1.29 is 9.26 Å². The van der Waals surface area contributed by atoms with Gasteiger partial charge in [0.2, 0.25) is 5.82 Å². The van der Waals surface area contributed by atoms with Crippen molar-refractivity contribution in [3.05, 3.63) is 64.0 Å². The van der Waals surface area contributed by atoms with E-state index in [-0.39, 0.29) is 6.61 Å². The first-order chi connectivity index (χ1) is 11.5. The van der Waals surface area contributed by atoms with Crippen LogP contribution in [0.2, 0.25) is 0 Å². The molecule has 0 aliphatic rings. The van der Waals surface area contributed by atoms with Crippen LogP contribution < -0.4 is 4.74 Å². The molecule has 0 aliphatic carbocycles. The number of benzene rings is 2. The number of aryl methyl sites for hydroxylation is 1. The fourth-order valence-corrected chi connectivity index (χ4v) is 2.84. The molecular weight excluding hydrogens is 368 g/mol. The molecule has 0 atom stereocenters. The smallest absolute Gasteiger partial charge is 0.264 e. The van der Waals surface area contributed by atoms with Crippen LogP contribution in [-0.2, 0) is 6.61 Å². The van der Waals surface area contributed by atoms with Crippen LogP contribution >= 0.6 is 15.9 Å². The number of aromatic nitrogens is 2. The van der Waals surface area contributed by atoms with E-state index in [4.69, 9.17) is 9.26 Å². The van der Waals surface area contributed by atoms with Gasteiger partial charge in [-0.3, -0.25) is 0 Å². The molecule has 1 heterocycles. The van der Waals surface area contributed by atoms with E-state index >= 15 is 0 Å². The number of ether oxygens (including phenoxy) is 1. The Labute approximate surface area is 150 Å². The zero-order chi connectivity index (χ0) is 17.1. The van der Waals surface area contributed by atoms with Crippen LogP contribution in [0.1, 0.15) is 36.8 Å². The van der Waals surface area contributed by atoms with Crippen LogP contribution in [0.25, 0.3) is 11.4 Å². The number of hydrogen-bond donors (Lipinski definition) is 0. The quantitative estimate of drug-likeness (QED) is 0.579. The summed E-state index contributed by atoms with van der Waals surface area (Å²) in [6.07, 6.45) is 0. The zero-order valence-electron chi connectivity index (χ0n) is 13.9. The lowest BCUT2D eigenvalue weighted by molar-refractivity contribution is 0.240. The highest BCUT2D eigenvalue weighted by Crippen LogP contribution is 2.28. The fraction of sp³-hybridized carbons (Fsp3) is 0.263. The predicted molar refractivity (Wildman–Crippen MR) is 97.0 cm³/mol. The van der Waals surface area contributed by atoms with Crippen molar-refractivity contribution in [2.75, 3.05) is 0 Å². The minimum atomic E-state index is 0.254. The average molecular weight is 387 g/mol. The van der Waals surface area contributed by atoms with Crippen molar-refractivity contribution in [3.63, 3.8) is 0 Å². The molecule has 5 heteroatoms. The average Bonchev–Trinajstić information content (AvgIpc) is 3.01. The Balaban J connectivity index is 1.76. The van der Waals surface area contributed by atoms with E-state index in [0.717, 1.165) is 21.3 Å². The summed E-state index contributed by atoms with van der Waals surface area (Å²) in [5.74, 6) is 2.28. The lowest BCUT2D eigenvalue weighted by Gasteiger charge is -2.13. The Hall–Kier alpha value is -2.14.